The molecule has 0 aromatic carbocycles. The normalized spacial score (nSPS) is 18.2. The molecule has 0 bridgehead atoms. The van der Waals surface area contributed by atoms with Crippen LogP contribution in [-0.4, -0.2) is 50.1 Å². The fraction of sp³-hybridized carbons (Fsp3) is 0.600. The zero-order valence-electron chi connectivity index (χ0n) is 10.6. The third-order valence-electron chi connectivity index (χ3n) is 2.64. The number of hydrogen-bond acceptors (Lipinski definition) is 7. The van der Waals surface area contributed by atoms with Crippen LogP contribution in [-0.2, 0) is 10.1 Å². The van der Waals surface area contributed by atoms with E-state index in [1.165, 1.54) is 11.3 Å². The number of likely N-dealkylation sites (N-methyl/N-ethyl adjacent to an activating group) is 1. The maximum Gasteiger partial charge on any atom is 0.264 e. The van der Waals surface area contributed by atoms with E-state index >= 15 is 0 Å². The minimum absolute atomic E-state index is 0. The SMILES string of the molecule is CN(CCCS(=O)(=O)O)C1COc2cscc2O1.N. The molecule has 19 heavy (non-hydrogen) atoms. The summed E-state index contributed by atoms with van der Waals surface area (Å²) in [6.07, 6.45) is 0.125. The van der Waals surface area contributed by atoms with E-state index < -0.39 is 10.1 Å². The Morgan fingerprint density at radius 1 is 1.47 bits per heavy atom. The van der Waals surface area contributed by atoms with E-state index in [-0.39, 0.29) is 18.1 Å². The van der Waals surface area contributed by atoms with Crippen molar-refractivity contribution >= 4 is 21.5 Å². The largest absolute Gasteiger partial charge is 0.483 e. The van der Waals surface area contributed by atoms with Gasteiger partial charge in [-0.2, -0.15) is 8.42 Å². The van der Waals surface area contributed by atoms with Gasteiger partial charge in [-0.1, -0.05) is 0 Å². The highest BCUT2D eigenvalue weighted by Crippen LogP contribution is 2.35. The van der Waals surface area contributed by atoms with E-state index in [2.05, 4.69) is 0 Å². The smallest absolute Gasteiger partial charge is 0.264 e. The van der Waals surface area contributed by atoms with E-state index in [0.29, 0.717) is 19.6 Å². The number of thiophene rings is 1. The average molecular weight is 310 g/mol. The van der Waals surface area contributed by atoms with Crippen LogP contribution in [0, 0.1) is 0 Å². The van der Waals surface area contributed by atoms with Crippen LogP contribution < -0.4 is 15.6 Å². The van der Waals surface area contributed by atoms with Crippen molar-refractivity contribution in [3.63, 3.8) is 0 Å². The molecule has 0 saturated carbocycles. The molecule has 7 nitrogen and oxygen atoms in total. The molecular formula is C10H18N2O5S2. The zero-order chi connectivity index (χ0) is 13.2. The van der Waals surface area contributed by atoms with Gasteiger partial charge in [-0.15, -0.1) is 11.3 Å². The lowest BCUT2D eigenvalue weighted by atomic mass is 10.4. The van der Waals surface area contributed by atoms with E-state index in [0.717, 1.165) is 11.5 Å². The van der Waals surface area contributed by atoms with Gasteiger partial charge in [-0.3, -0.25) is 9.45 Å². The first-order valence-electron chi connectivity index (χ1n) is 5.47. The molecule has 9 heteroatoms. The number of ether oxygens (including phenoxy) is 2. The Balaban J connectivity index is 0.00000180. The third kappa shape index (κ3) is 4.62. The van der Waals surface area contributed by atoms with Gasteiger partial charge >= 0.3 is 0 Å². The first kappa shape index (κ1) is 16.2. The van der Waals surface area contributed by atoms with Gasteiger partial charge in [-0.05, 0) is 13.5 Å². The van der Waals surface area contributed by atoms with Crippen LogP contribution in [0.25, 0.3) is 0 Å². The maximum atomic E-state index is 10.6. The molecule has 1 aromatic heterocycles. The van der Waals surface area contributed by atoms with Gasteiger partial charge in [0.1, 0.15) is 6.61 Å². The summed E-state index contributed by atoms with van der Waals surface area (Å²) in [6.45, 7) is 0.916. The summed E-state index contributed by atoms with van der Waals surface area (Å²) in [5, 5.41) is 3.75. The summed E-state index contributed by atoms with van der Waals surface area (Å²) >= 11 is 1.51. The van der Waals surface area contributed by atoms with Gasteiger partial charge in [0.2, 0.25) is 0 Å². The molecule has 0 radical (unpaired) electrons. The Morgan fingerprint density at radius 2 is 2.16 bits per heavy atom. The van der Waals surface area contributed by atoms with E-state index in [1.54, 1.807) is 0 Å². The molecule has 0 aliphatic carbocycles. The summed E-state index contributed by atoms with van der Waals surface area (Å²) in [5.41, 5.74) is 0. The van der Waals surface area contributed by atoms with Gasteiger partial charge in [0.15, 0.2) is 17.7 Å². The lowest BCUT2D eigenvalue weighted by Crippen LogP contribution is -2.43. The molecule has 2 heterocycles. The van der Waals surface area contributed by atoms with E-state index in [9.17, 15) is 8.42 Å². The molecule has 4 N–H and O–H groups in total. The van der Waals surface area contributed by atoms with Crippen LogP contribution in [0.5, 0.6) is 11.5 Å². The summed E-state index contributed by atoms with van der Waals surface area (Å²) in [4.78, 5) is 1.87. The molecule has 0 spiro atoms. The van der Waals surface area contributed by atoms with Gasteiger partial charge in [-0.25, -0.2) is 0 Å². The highest BCUT2D eigenvalue weighted by atomic mass is 32.2. The molecule has 110 valence electrons. The van der Waals surface area contributed by atoms with Crippen LogP contribution in [0.15, 0.2) is 10.8 Å². The lowest BCUT2D eigenvalue weighted by Gasteiger charge is -2.31. The standard InChI is InChI=1S/C10H15NO5S2.H3N/c1-11(3-2-4-18(12,13)14)10-5-15-8-6-17-7-9(8)16-10;/h6-7,10H,2-5H2,1H3,(H,12,13,14);1H3. The van der Waals surface area contributed by atoms with Gasteiger partial charge < -0.3 is 15.6 Å². The van der Waals surface area contributed by atoms with Crippen LogP contribution in [0.2, 0.25) is 0 Å². The molecule has 1 aliphatic heterocycles. The second-order valence-electron chi connectivity index (χ2n) is 4.10. The number of rotatable bonds is 5. The topological polar surface area (TPSA) is 111 Å². The Labute approximate surface area is 116 Å². The first-order valence-corrected chi connectivity index (χ1v) is 8.02. The monoisotopic (exact) mass is 310 g/mol. The van der Waals surface area contributed by atoms with Crippen molar-refractivity contribution < 1.29 is 22.4 Å². The second kappa shape index (κ2) is 6.53. The summed E-state index contributed by atoms with van der Waals surface area (Å²) in [6, 6.07) is 0. The van der Waals surface area contributed by atoms with Crippen molar-refractivity contribution in [2.45, 2.75) is 12.6 Å². The number of fused-ring (bicyclic) bond motifs is 1. The fourth-order valence-corrected chi connectivity index (χ4v) is 2.83. The fourth-order valence-electron chi connectivity index (χ4n) is 1.66. The molecule has 0 amide bonds. The molecule has 1 atom stereocenters. The predicted molar refractivity (Wildman–Crippen MR) is 72.9 cm³/mol. The van der Waals surface area contributed by atoms with Crippen molar-refractivity contribution in [3.8, 4) is 11.5 Å². The maximum absolute atomic E-state index is 10.6. The molecule has 1 aliphatic rings. The van der Waals surface area contributed by atoms with Crippen molar-refractivity contribution in [2.24, 2.45) is 0 Å². The Morgan fingerprint density at radius 3 is 2.84 bits per heavy atom. The predicted octanol–water partition coefficient (Wildman–Crippen LogP) is 1.22. The van der Waals surface area contributed by atoms with Crippen molar-refractivity contribution in [1.29, 1.82) is 0 Å². The minimum atomic E-state index is -3.89. The number of hydrogen-bond donors (Lipinski definition) is 2. The van der Waals surface area contributed by atoms with Crippen LogP contribution in [0.4, 0.5) is 0 Å². The Kier molecular flexibility index (Phi) is 5.56. The lowest BCUT2D eigenvalue weighted by molar-refractivity contribution is -0.0142. The van der Waals surface area contributed by atoms with E-state index in [1.807, 2.05) is 22.7 Å². The van der Waals surface area contributed by atoms with Crippen LogP contribution in [0.1, 0.15) is 6.42 Å². The second-order valence-corrected chi connectivity index (χ2v) is 6.42. The quantitative estimate of drug-likeness (QED) is 0.786. The number of nitrogens with zero attached hydrogens (tertiary/aromatic N) is 1. The molecule has 1 unspecified atom stereocenters. The average Bonchev–Trinajstić information content (AvgIpc) is 2.73. The van der Waals surface area contributed by atoms with Crippen LogP contribution >= 0.6 is 11.3 Å². The first-order chi connectivity index (χ1) is 8.46. The molecule has 0 saturated heterocycles. The Hall–Kier alpha value is -0.870. The summed E-state index contributed by atoms with van der Waals surface area (Å²) in [5.74, 6) is 1.23. The van der Waals surface area contributed by atoms with Gasteiger partial charge in [0.05, 0.1) is 5.75 Å². The highest BCUT2D eigenvalue weighted by Gasteiger charge is 2.25. The minimum Gasteiger partial charge on any atom is -0.483 e. The summed E-state index contributed by atoms with van der Waals surface area (Å²) < 4.78 is 41.1. The molecular weight excluding hydrogens is 292 g/mol. The van der Waals surface area contributed by atoms with Gasteiger partial charge in [0, 0.05) is 17.3 Å². The summed E-state index contributed by atoms with van der Waals surface area (Å²) in [7, 11) is -2.06. The van der Waals surface area contributed by atoms with Crippen molar-refractivity contribution in [3.05, 3.63) is 10.8 Å². The van der Waals surface area contributed by atoms with Crippen LogP contribution in [0.3, 0.4) is 0 Å². The Bertz CT molecular complexity index is 502. The van der Waals surface area contributed by atoms with Crippen molar-refractivity contribution in [2.75, 3.05) is 26.0 Å². The van der Waals surface area contributed by atoms with E-state index in [4.69, 9.17) is 14.0 Å². The molecule has 0 fully saturated rings. The van der Waals surface area contributed by atoms with Crippen molar-refractivity contribution in [1.82, 2.24) is 11.1 Å². The third-order valence-corrected chi connectivity index (χ3v) is 4.15. The molecule has 2 rings (SSSR count). The zero-order valence-corrected chi connectivity index (χ0v) is 12.2. The van der Waals surface area contributed by atoms with Gasteiger partial charge in [0.25, 0.3) is 10.1 Å². The highest BCUT2D eigenvalue weighted by molar-refractivity contribution is 7.85. The molecule has 1 aromatic rings.